The van der Waals surface area contributed by atoms with Crippen LogP contribution in [0, 0.1) is 7.40 Å². The summed E-state index contributed by atoms with van der Waals surface area (Å²) in [4.78, 5) is 15.3. The molecule has 0 aliphatic heterocycles. The molecule has 1 aromatic heterocycles. The Morgan fingerprint density at radius 2 is 2.38 bits per heavy atom. The first-order valence-corrected chi connectivity index (χ1v) is 7.10. The molecule has 5 nitrogen and oxygen atoms in total. The van der Waals surface area contributed by atoms with Crippen molar-refractivity contribution in [3.63, 3.8) is 0 Å². The highest BCUT2D eigenvalue weighted by molar-refractivity contribution is 14.1. The lowest BCUT2D eigenvalue weighted by atomic mass is 10.2. The quantitative estimate of drug-likeness (QED) is 0.637. The number of imidazole rings is 1. The van der Waals surface area contributed by atoms with Gasteiger partial charge in [0.1, 0.15) is 7.40 Å². The van der Waals surface area contributed by atoms with Crippen LogP contribution in [-0.4, -0.2) is 28.0 Å². The molecule has 1 rings (SSSR count). The predicted octanol–water partition coefficient (Wildman–Crippen LogP) is 0.946. The number of aryl methyl sites for hydroxylation is 1. The monoisotopic (exact) mass is 448 g/mol. The summed E-state index contributed by atoms with van der Waals surface area (Å²) >= 11 is 4.43. The van der Waals surface area contributed by atoms with E-state index in [1.807, 2.05) is 11.5 Å². The molecule has 0 saturated heterocycles. The Hall–Kier alpha value is 0.1000. The van der Waals surface area contributed by atoms with Gasteiger partial charge in [-0.3, -0.25) is 4.79 Å². The Bertz CT molecular complexity index is 366. The van der Waals surface area contributed by atoms with Gasteiger partial charge in [0, 0.05) is 6.54 Å². The van der Waals surface area contributed by atoms with E-state index < -0.39 is 0 Å². The average molecular weight is 448 g/mol. The first kappa shape index (κ1) is 14.2. The molecular weight excluding hydrogens is 434 g/mol. The lowest BCUT2D eigenvalue weighted by molar-refractivity contribution is -0.120. The van der Waals surface area contributed by atoms with E-state index in [1.54, 1.807) is 6.33 Å². The van der Waals surface area contributed by atoms with Gasteiger partial charge in [0.15, 0.2) is 0 Å². The van der Waals surface area contributed by atoms with Crippen LogP contribution in [0.5, 0.6) is 0 Å². The van der Waals surface area contributed by atoms with Crippen molar-refractivity contribution in [3.8, 4) is 0 Å². The summed E-state index contributed by atoms with van der Waals surface area (Å²) in [6.45, 7) is 3.45. The highest BCUT2D eigenvalue weighted by Gasteiger charge is 2.14. The maximum absolute atomic E-state index is 11.1. The Morgan fingerprint density at radius 3 is 2.81 bits per heavy atom. The fourth-order valence-electron chi connectivity index (χ4n) is 1.36. The molecule has 0 spiro atoms. The minimum absolute atomic E-state index is 0.263. The molecule has 0 fully saturated rings. The lowest BCUT2D eigenvalue weighted by Gasteiger charge is -2.14. The summed E-state index contributed by atoms with van der Waals surface area (Å²) in [6.07, 6.45) is 2.47. The van der Waals surface area contributed by atoms with Crippen LogP contribution >= 0.6 is 45.2 Å². The van der Waals surface area contributed by atoms with Gasteiger partial charge in [-0.15, -0.1) is 0 Å². The van der Waals surface area contributed by atoms with E-state index in [9.17, 15) is 4.79 Å². The number of nitrogens with zero attached hydrogens (tertiary/aromatic N) is 2. The number of rotatable bonds is 6. The molecule has 0 aromatic carbocycles. The maximum Gasteiger partial charge on any atom is 0.234 e. The van der Waals surface area contributed by atoms with Crippen LogP contribution in [0.4, 0.5) is 0 Å². The fourth-order valence-corrected chi connectivity index (χ4v) is 2.30. The molecule has 0 bridgehead atoms. The van der Waals surface area contributed by atoms with Gasteiger partial charge < -0.3 is 15.6 Å². The molecule has 1 atom stereocenters. The van der Waals surface area contributed by atoms with Crippen molar-refractivity contribution in [2.24, 2.45) is 5.73 Å². The van der Waals surface area contributed by atoms with Crippen molar-refractivity contribution in [1.29, 1.82) is 0 Å². The number of hydrogen-bond donors (Lipinski definition) is 2. The summed E-state index contributed by atoms with van der Waals surface area (Å²) in [7, 11) is 0. The number of aromatic nitrogens is 2. The second-order valence-electron chi connectivity index (χ2n) is 3.32. The highest BCUT2D eigenvalue weighted by atomic mass is 127. The number of nitrogens with one attached hydrogen (secondary N) is 1. The number of hydrogen-bond acceptors (Lipinski definition) is 3. The second kappa shape index (κ2) is 6.74. The number of amides is 1. The van der Waals surface area contributed by atoms with E-state index in [0.717, 1.165) is 20.5 Å². The third-order valence-electron chi connectivity index (χ3n) is 2.19. The molecule has 1 aromatic rings. The van der Waals surface area contributed by atoms with Crippen LogP contribution in [0.1, 0.15) is 13.3 Å². The van der Waals surface area contributed by atoms with E-state index in [1.165, 1.54) is 0 Å². The van der Waals surface area contributed by atoms with Crippen LogP contribution in [-0.2, 0) is 11.3 Å². The van der Waals surface area contributed by atoms with Crippen LogP contribution < -0.4 is 11.1 Å². The van der Waals surface area contributed by atoms with Crippen LogP contribution in [0.15, 0.2) is 6.33 Å². The molecule has 90 valence electrons. The van der Waals surface area contributed by atoms with Crippen molar-refractivity contribution in [1.82, 2.24) is 14.9 Å². The summed E-state index contributed by atoms with van der Waals surface area (Å²) in [6, 6.07) is -0.263. The van der Waals surface area contributed by atoms with Crippen molar-refractivity contribution in [3.05, 3.63) is 13.7 Å². The SMILES string of the molecule is CCNC(CCn1cnc(I)c1I)C(N)=O. The molecule has 1 amide bonds. The number of primary amides is 1. The zero-order valence-electron chi connectivity index (χ0n) is 8.91. The lowest BCUT2D eigenvalue weighted by Crippen LogP contribution is -2.41. The topological polar surface area (TPSA) is 72.9 Å². The molecule has 1 unspecified atom stereocenters. The van der Waals surface area contributed by atoms with E-state index in [0.29, 0.717) is 6.42 Å². The molecule has 0 radical (unpaired) electrons. The predicted molar refractivity (Wildman–Crippen MR) is 78.9 cm³/mol. The Morgan fingerprint density at radius 1 is 1.69 bits per heavy atom. The minimum Gasteiger partial charge on any atom is -0.368 e. The molecule has 3 N–H and O–H groups in total. The third kappa shape index (κ3) is 3.84. The zero-order chi connectivity index (χ0) is 12.1. The standard InChI is InChI=1S/C9H14I2N4O/c1-2-13-6(9(12)16)3-4-15-5-14-7(10)8(15)11/h5-6,13H,2-4H2,1H3,(H2,12,16). The fraction of sp³-hybridized carbons (Fsp3) is 0.556. The Kier molecular flexibility index (Phi) is 5.97. The number of carbonyl (C=O) groups excluding carboxylic acids is 1. The van der Waals surface area contributed by atoms with E-state index in [4.69, 9.17) is 5.73 Å². The number of halogens is 2. The number of likely N-dealkylation sites (N-methyl/N-ethyl adjacent to an activating group) is 1. The molecule has 0 aliphatic rings. The van der Waals surface area contributed by atoms with Crippen LogP contribution in [0.3, 0.4) is 0 Å². The van der Waals surface area contributed by atoms with E-state index in [-0.39, 0.29) is 11.9 Å². The molecule has 0 saturated carbocycles. The first-order chi connectivity index (χ1) is 7.56. The smallest absolute Gasteiger partial charge is 0.234 e. The van der Waals surface area contributed by atoms with Crippen LogP contribution in [0.25, 0.3) is 0 Å². The second-order valence-corrected chi connectivity index (χ2v) is 5.36. The summed E-state index contributed by atoms with van der Waals surface area (Å²) < 4.78 is 4.10. The molecule has 1 heterocycles. The maximum atomic E-state index is 11.1. The van der Waals surface area contributed by atoms with Gasteiger partial charge in [0.2, 0.25) is 5.91 Å². The van der Waals surface area contributed by atoms with Gasteiger partial charge in [-0.05, 0) is 58.1 Å². The molecule has 0 aliphatic carbocycles. The summed E-state index contributed by atoms with van der Waals surface area (Å²) in [5.41, 5.74) is 5.30. The Balaban J connectivity index is 2.55. The molecule has 16 heavy (non-hydrogen) atoms. The van der Waals surface area contributed by atoms with Gasteiger partial charge >= 0.3 is 0 Å². The average Bonchev–Trinajstić information content (AvgIpc) is 2.55. The third-order valence-corrected chi connectivity index (χ3v) is 5.14. The van der Waals surface area contributed by atoms with Gasteiger partial charge in [0.05, 0.1) is 12.4 Å². The van der Waals surface area contributed by atoms with Crippen molar-refractivity contribution >= 4 is 51.1 Å². The number of nitrogens with two attached hydrogens (primary N) is 1. The highest BCUT2D eigenvalue weighted by Crippen LogP contribution is 2.13. The van der Waals surface area contributed by atoms with Gasteiger partial charge in [-0.2, -0.15) is 0 Å². The molecule has 7 heteroatoms. The van der Waals surface area contributed by atoms with Crippen molar-refractivity contribution in [2.75, 3.05) is 6.54 Å². The van der Waals surface area contributed by atoms with Crippen molar-refractivity contribution in [2.45, 2.75) is 25.9 Å². The normalized spacial score (nSPS) is 12.7. The summed E-state index contributed by atoms with van der Waals surface area (Å²) in [5, 5.41) is 3.07. The summed E-state index contributed by atoms with van der Waals surface area (Å²) in [5.74, 6) is -0.299. The van der Waals surface area contributed by atoms with Crippen molar-refractivity contribution < 1.29 is 4.79 Å². The zero-order valence-corrected chi connectivity index (χ0v) is 13.2. The van der Waals surface area contributed by atoms with Gasteiger partial charge in [0.25, 0.3) is 0 Å². The van der Waals surface area contributed by atoms with E-state index in [2.05, 4.69) is 55.5 Å². The van der Waals surface area contributed by atoms with Crippen LogP contribution in [0.2, 0.25) is 0 Å². The van der Waals surface area contributed by atoms with E-state index >= 15 is 0 Å². The first-order valence-electron chi connectivity index (χ1n) is 4.95. The van der Waals surface area contributed by atoms with Gasteiger partial charge in [-0.25, -0.2) is 4.98 Å². The largest absolute Gasteiger partial charge is 0.368 e. The minimum atomic E-state index is -0.299. The van der Waals surface area contributed by atoms with Gasteiger partial charge in [-0.1, -0.05) is 6.92 Å². The number of carbonyl (C=O) groups is 1. The molecular formula is C9H14I2N4O. The Labute approximate surface area is 122 Å².